The molecule has 6 heteroatoms. The van der Waals surface area contributed by atoms with Gasteiger partial charge in [-0.15, -0.1) is 0 Å². The molecule has 0 saturated heterocycles. The van der Waals surface area contributed by atoms with Crippen LogP contribution in [0.2, 0.25) is 0 Å². The fourth-order valence-electron chi connectivity index (χ4n) is 1.80. The van der Waals surface area contributed by atoms with Crippen LogP contribution < -0.4 is 10.1 Å². The smallest absolute Gasteiger partial charge is 0.150 e. The number of nitrogens with one attached hydrogen (secondary N) is 1. The van der Waals surface area contributed by atoms with E-state index in [2.05, 4.69) is 26.2 Å². The summed E-state index contributed by atoms with van der Waals surface area (Å²) in [6.07, 6.45) is 0. The van der Waals surface area contributed by atoms with Crippen LogP contribution in [0.4, 0.5) is 14.5 Å². The van der Waals surface area contributed by atoms with Gasteiger partial charge in [-0.05, 0) is 28.9 Å². The van der Waals surface area contributed by atoms with Crippen molar-refractivity contribution in [2.45, 2.75) is 13.5 Å². The van der Waals surface area contributed by atoms with Gasteiger partial charge in [-0.2, -0.15) is 0 Å². The fraction of sp³-hybridized carbons (Fsp3) is 0.214. The highest BCUT2D eigenvalue weighted by Crippen LogP contribution is 2.27. The molecule has 1 N–H and O–H groups in total. The van der Waals surface area contributed by atoms with E-state index in [4.69, 9.17) is 4.74 Å². The molecule has 3 nitrogen and oxygen atoms in total. The molecule has 0 unspecified atom stereocenters. The molecular formula is C14H13BrF2N2O. The molecule has 2 aromatic rings. The summed E-state index contributed by atoms with van der Waals surface area (Å²) in [7, 11) is 1.57. The van der Waals surface area contributed by atoms with Crippen LogP contribution >= 0.6 is 15.9 Å². The Bertz CT molecular complexity index is 612. The number of rotatable bonds is 4. The van der Waals surface area contributed by atoms with E-state index in [0.717, 1.165) is 11.8 Å². The van der Waals surface area contributed by atoms with E-state index >= 15 is 0 Å². The second-order valence-corrected chi connectivity index (χ2v) is 5.09. The number of hydrogen-bond acceptors (Lipinski definition) is 3. The van der Waals surface area contributed by atoms with Crippen LogP contribution in [-0.4, -0.2) is 12.1 Å². The topological polar surface area (TPSA) is 34.1 Å². The molecular weight excluding hydrogens is 330 g/mol. The summed E-state index contributed by atoms with van der Waals surface area (Å²) in [5, 5.41) is 2.90. The molecule has 0 bridgehead atoms. The van der Waals surface area contributed by atoms with Crippen molar-refractivity contribution < 1.29 is 13.5 Å². The third kappa shape index (κ3) is 3.45. The minimum atomic E-state index is -0.656. The molecule has 1 aromatic heterocycles. The van der Waals surface area contributed by atoms with Crippen LogP contribution in [0.15, 0.2) is 28.7 Å². The zero-order valence-corrected chi connectivity index (χ0v) is 12.6. The average molecular weight is 343 g/mol. The Morgan fingerprint density at radius 3 is 2.65 bits per heavy atom. The van der Waals surface area contributed by atoms with E-state index in [1.165, 1.54) is 6.07 Å². The number of methoxy groups -OCH3 is 1. The second kappa shape index (κ2) is 6.17. The minimum absolute atomic E-state index is 0.202. The first kappa shape index (κ1) is 14.7. The Hall–Kier alpha value is -1.69. The lowest BCUT2D eigenvalue weighted by Crippen LogP contribution is -2.05. The van der Waals surface area contributed by atoms with Gasteiger partial charge >= 0.3 is 0 Å². The summed E-state index contributed by atoms with van der Waals surface area (Å²) in [6, 6.07) is 5.60. The number of nitrogens with zero attached hydrogens (tertiary/aromatic N) is 1. The second-order valence-electron chi connectivity index (χ2n) is 4.24. The van der Waals surface area contributed by atoms with Crippen molar-refractivity contribution in [2.24, 2.45) is 0 Å². The summed E-state index contributed by atoms with van der Waals surface area (Å²) in [4.78, 5) is 4.32. The number of aryl methyl sites for hydroxylation is 1. The first-order valence-corrected chi connectivity index (χ1v) is 6.69. The molecule has 106 valence electrons. The van der Waals surface area contributed by atoms with Gasteiger partial charge in [0.05, 0.1) is 25.0 Å². The Balaban J connectivity index is 2.19. The van der Waals surface area contributed by atoms with Crippen LogP contribution in [0.3, 0.4) is 0 Å². The number of ether oxygens (including phenoxy) is 1. The zero-order valence-electron chi connectivity index (χ0n) is 11.0. The van der Waals surface area contributed by atoms with Gasteiger partial charge in [-0.3, -0.25) is 4.98 Å². The first-order chi connectivity index (χ1) is 9.49. The van der Waals surface area contributed by atoms with Gasteiger partial charge in [0.15, 0.2) is 0 Å². The number of hydrogen-bond donors (Lipinski definition) is 1. The molecule has 0 atom stereocenters. The van der Waals surface area contributed by atoms with Crippen LogP contribution in [0.1, 0.15) is 11.4 Å². The van der Waals surface area contributed by atoms with E-state index < -0.39 is 11.6 Å². The minimum Gasteiger partial charge on any atom is -0.497 e. The third-order valence-corrected chi connectivity index (χ3v) is 3.29. The summed E-state index contributed by atoms with van der Waals surface area (Å²) in [6.45, 7) is 2.15. The van der Waals surface area contributed by atoms with Crippen molar-refractivity contribution >= 4 is 21.6 Å². The van der Waals surface area contributed by atoms with Gasteiger partial charge in [0.25, 0.3) is 0 Å². The maximum absolute atomic E-state index is 13.7. The Morgan fingerprint density at radius 2 is 2.00 bits per heavy atom. The molecule has 0 saturated carbocycles. The largest absolute Gasteiger partial charge is 0.497 e. The molecule has 0 spiro atoms. The van der Waals surface area contributed by atoms with Crippen molar-refractivity contribution in [2.75, 3.05) is 12.4 Å². The molecule has 0 aliphatic heterocycles. The van der Waals surface area contributed by atoms with Crippen molar-refractivity contribution in [3.8, 4) is 5.75 Å². The normalized spacial score (nSPS) is 10.4. The van der Waals surface area contributed by atoms with Gasteiger partial charge in [0, 0.05) is 28.4 Å². The van der Waals surface area contributed by atoms with Crippen molar-refractivity contribution in [3.05, 3.63) is 51.8 Å². The van der Waals surface area contributed by atoms with Crippen LogP contribution in [0, 0.1) is 18.6 Å². The lowest BCUT2D eigenvalue weighted by Gasteiger charge is -2.11. The van der Waals surface area contributed by atoms with Gasteiger partial charge in [0.1, 0.15) is 17.4 Å². The lowest BCUT2D eigenvalue weighted by molar-refractivity contribution is 0.413. The average Bonchev–Trinajstić information content (AvgIpc) is 2.36. The maximum atomic E-state index is 13.7. The van der Waals surface area contributed by atoms with Crippen LogP contribution in [0.25, 0.3) is 0 Å². The highest BCUT2D eigenvalue weighted by atomic mass is 79.9. The number of halogens is 3. The standard InChI is InChI=1S/C14H13BrF2N2O/c1-8-3-11(20-2)6-10(19-8)7-18-14-12(15)4-9(16)5-13(14)17/h3-6,18H,7H2,1-2H3. The van der Waals surface area contributed by atoms with Crippen molar-refractivity contribution in [3.63, 3.8) is 0 Å². The first-order valence-electron chi connectivity index (χ1n) is 5.89. The van der Waals surface area contributed by atoms with Gasteiger partial charge in [0.2, 0.25) is 0 Å². The highest BCUT2D eigenvalue weighted by molar-refractivity contribution is 9.10. The Morgan fingerprint density at radius 1 is 1.25 bits per heavy atom. The van der Waals surface area contributed by atoms with Gasteiger partial charge in [-0.25, -0.2) is 8.78 Å². The molecule has 0 aliphatic carbocycles. The predicted molar refractivity (Wildman–Crippen MR) is 76.9 cm³/mol. The SMILES string of the molecule is COc1cc(C)nc(CNc2c(F)cc(F)cc2Br)c1. The van der Waals surface area contributed by atoms with Crippen molar-refractivity contribution in [1.29, 1.82) is 0 Å². The summed E-state index contributed by atoms with van der Waals surface area (Å²) in [5.41, 5.74) is 1.71. The highest BCUT2D eigenvalue weighted by Gasteiger charge is 2.10. The van der Waals surface area contributed by atoms with Crippen LogP contribution in [0.5, 0.6) is 5.75 Å². The molecule has 0 radical (unpaired) electrons. The maximum Gasteiger partial charge on any atom is 0.150 e. The summed E-state index contributed by atoms with van der Waals surface area (Å²) in [5.74, 6) is -0.597. The monoisotopic (exact) mass is 342 g/mol. The quantitative estimate of drug-likeness (QED) is 0.909. The molecule has 1 aromatic carbocycles. The van der Waals surface area contributed by atoms with E-state index in [1.807, 2.05) is 6.92 Å². The lowest BCUT2D eigenvalue weighted by atomic mass is 10.2. The molecule has 0 aliphatic rings. The molecule has 0 amide bonds. The molecule has 2 rings (SSSR count). The zero-order chi connectivity index (χ0) is 14.7. The molecule has 20 heavy (non-hydrogen) atoms. The third-order valence-electron chi connectivity index (χ3n) is 2.67. The van der Waals surface area contributed by atoms with E-state index in [0.29, 0.717) is 22.5 Å². The number of anilines is 1. The van der Waals surface area contributed by atoms with E-state index in [-0.39, 0.29) is 5.69 Å². The van der Waals surface area contributed by atoms with Gasteiger partial charge < -0.3 is 10.1 Å². The number of pyridine rings is 1. The Labute approximate surface area is 124 Å². The fourth-order valence-corrected chi connectivity index (χ4v) is 2.35. The van der Waals surface area contributed by atoms with Crippen LogP contribution in [-0.2, 0) is 6.54 Å². The number of benzene rings is 1. The summed E-state index contributed by atoms with van der Waals surface area (Å²) < 4.78 is 32.1. The Kier molecular flexibility index (Phi) is 4.54. The van der Waals surface area contributed by atoms with Crippen molar-refractivity contribution in [1.82, 2.24) is 4.98 Å². The molecule has 0 fully saturated rings. The van der Waals surface area contributed by atoms with E-state index in [9.17, 15) is 8.78 Å². The van der Waals surface area contributed by atoms with E-state index in [1.54, 1.807) is 19.2 Å². The molecule has 1 heterocycles. The van der Waals surface area contributed by atoms with Gasteiger partial charge in [-0.1, -0.05) is 0 Å². The number of aromatic nitrogens is 1. The summed E-state index contributed by atoms with van der Waals surface area (Å²) >= 11 is 3.13. The predicted octanol–water partition coefficient (Wildman–Crippen LogP) is 4.05.